The van der Waals surface area contributed by atoms with Gasteiger partial charge in [0.2, 0.25) is 11.8 Å². The van der Waals surface area contributed by atoms with Crippen LogP contribution in [-0.2, 0) is 15.1 Å². The van der Waals surface area contributed by atoms with Crippen molar-refractivity contribution in [3.8, 4) is 5.69 Å². The van der Waals surface area contributed by atoms with Crippen LogP contribution in [-0.4, -0.2) is 32.3 Å². The molecule has 7 rings (SSSR count). The minimum absolute atomic E-state index is 0.0325. The molecular weight excluding hydrogens is 510 g/mol. The van der Waals surface area contributed by atoms with Crippen LogP contribution in [0, 0.1) is 34.8 Å². The van der Waals surface area contributed by atoms with Crippen molar-refractivity contribution in [2.45, 2.75) is 32.4 Å². The molecule has 3 aliphatic heterocycles. The maximum Gasteiger partial charge on any atom is 0.269 e. The number of nitro groups is 1. The topological polar surface area (TPSA) is 127 Å². The first-order valence-electron chi connectivity index (χ1n) is 13.2. The molecule has 2 amide bonds. The highest BCUT2D eigenvalue weighted by Gasteiger charge is 2.70. The summed E-state index contributed by atoms with van der Waals surface area (Å²) in [5.41, 5.74) is 1.05. The summed E-state index contributed by atoms with van der Waals surface area (Å²) >= 11 is 0. The number of hydrogen-bond acceptors (Lipinski definition) is 7. The highest BCUT2D eigenvalue weighted by molar-refractivity contribution is 6.23. The Morgan fingerprint density at radius 2 is 1.70 bits per heavy atom. The van der Waals surface area contributed by atoms with E-state index in [1.54, 1.807) is 29.7 Å². The monoisotopic (exact) mass is 535 g/mol. The van der Waals surface area contributed by atoms with Crippen molar-refractivity contribution in [2.75, 3.05) is 4.90 Å². The lowest BCUT2D eigenvalue weighted by atomic mass is 9.75. The average Bonchev–Trinajstić information content (AvgIpc) is 3.53. The first-order chi connectivity index (χ1) is 19.2. The van der Waals surface area contributed by atoms with Crippen molar-refractivity contribution in [3.63, 3.8) is 0 Å². The Labute approximate surface area is 228 Å². The van der Waals surface area contributed by atoms with E-state index in [1.807, 2.05) is 44.2 Å². The van der Waals surface area contributed by atoms with Gasteiger partial charge in [-0.25, -0.2) is 9.88 Å². The third-order valence-corrected chi connectivity index (χ3v) is 8.65. The molecule has 3 aromatic carbocycles. The van der Waals surface area contributed by atoms with E-state index >= 15 is 0 Å². The average molecular weight is 536 g/mol. The van der Waals surface area contributed by atoms with Crippen LogP contribution in [0.1, 0.15) is 30.8 Å². The van der Waals surface area contributed by atoms with Crippen LogP contribution < -0.4 is 15.8 Å². The number of carbonyl (C=O) groups is 2. The normalized spacial score (nSPS) is 24.7. The van der Waals surface area contributed by atoms with Crippen molar-refractivity contribution in [1.29, 1.82) is 0 Å². The lowest BCUT2D eigenvalue weighted by Crippen LogP contribution is -2.51. The van der Waals surface area contributed by atoms with Gasteiger partial charge in [-0.3, -0.25) is 34.4 Å². The lowest BCUT2D eigenvalue weighted by molar-refractivity contribution is -0.384. The van der Waals surface area contributed by atoms with Crippen molar-refractivity contribution >= 4 is 34.1 Å². The molecule has 10 nitrogen and oxygen atoms in total. The summed E-state index contributed by atoms with van der Waals surface area (Å²) in [6.45, 7) is 5.64. The molecule has 10 heteroatoms. The van der Waals surface area contributed by atoms with Crippen LogP contribution in [0.3, 0.4) is 0 Å². The van der Waals surface area contributed by atoms with Gasteiger partial charge in [0.15, 0.2) is 0 Å². The van der Waals surface area contributed by atoms with Crippen LogP contribution in [0.4, 0.5) is 11.4 Å². The number of nitro benzene ring substituents is 1. The number of fused-ring (bicyclic) bond motifs is 8. The molecule has 1 spiro atoms. The van der Waals surface area contributed by atoms with Crippen molar-refractivity contribution < 1.29 is 14.5 Å². The van der Waals surface area contributed by atoms with Crippen LogP contribution in [0.5, 0.6) is 0 Å². The number of carbonyl (C=O) groups excluding carboxylic acids is 2. The van der Waals surface area contributed by atoms with Crippen molar-refractivity contribution in [2.24, 2.45) is 17.8 Å². The minimum Gasteiger partial charge on any atom is -0.296 e. The van der Waals surface area contributed by atoms with Gasteiger partial charge in [0.1, 0.15) is 11.4 Å². The van der Waals surface area contributed by atoms with E-state index in [-0.39, 0.29) is 23.1 Å². The maximum absolute atomic E-state index is 14.5. The standard InChI is InChI=1S/C30H25N5O5/c1-15(2)25-23-24(28(38)33(27(23)37)21-13-12-17(35(39)40)14-16(21)3)30(32-25)19-9-5-7-11-22(19)34-26(36)18-8-4-6-10-20(18)31-29(30)34/h4-15,23-25,32H,1-3H3/t23-,24-,25-,30-/m1/s1. The van der Waals surface area contributed by atoms with Gasteiger partial charge in [-0.05, 0) is 42.7 Å². The summed E-state index contributed by atoms with van der Waals surface area (Å²) < 4.78 is 1.57. The number of hydrogen-bond donors (Lipinski definition) is 1. The second-order valence-corrected chi connectivity index (χ2v) is 11.1. The first-order valence-corrected chi connectivity index (χ1v) is 13.2. The SMILES string of the molecule is Cc1cc([N+](=O)[O-])ccc1N1C(=O)[C@H]2[C@@H](C(C)C)N[C@]3(c4ccccc4-n4c3nc3ccccc3c4=O)[C@H]2C1=O. The van der Waals surface area contributed by atoms with E-state index < -0.39 is 34.2 Å². The zero-order valence-electron chi connectivity index (χ0n) is 22.0. The molecule has 2 saturated heterocycles. The summed E-state index contributed by atoms with van der Waals surface area (Å²) in [4.78, 5) is 59.5. The molecule has 4 atom stereocenters. The predicted molar refractivity (Wildman–Crippen MR) is 147 cm³/mol. The lowest BCUT2D eigenvalue weighted by Gasteiger charge is -2.32. The molecule has 1 N–H and O–H groups in total. The molecule has 0 saturated carbocycles. The number of amides is 2. The van der Waals surface area contributed by atoms with Crippen LogP contribution in [0.2, 0.25) is 0 Å². The number of nitrogens with zero attached hydrogens (tertiary/aromatic N) is 4. The molecule has 2 fully saturated rings. The molecular formula is C30H25N5O5. The van der Waals surface area contributed by atoms with Crippen LogP contribution >= 0.6 is 0 Å². The molecule has 0 bridgehead atoms. The fraction of sp³-hybridized carbons (Fsp3) is 0.267. The number of imide groups is 1. The number of anilines is 1. The summed E-state index contributed by atoms with van der Waals surface area (Å²) in [5, 5.41) is 15.5. The fourth-order valence-electron chi connectivity index (χ4n) is 6.97. The minimum atomic E-state index is -1.23. The Morgan fingerprint density at radius 3 is 2.42 bits per heavy atom. The quantitative estimate of drug-likeness (QED) is 0.241. The first kappa shape index (κ1) is 24.3. The largest absolute Gasteiger partial charge is 0.296 e. The Hall–Kier alpha value is -4.70. The smallest absolute Gasteiger partial charge is 0.269 e. The van der Waals surface area contributed by atoms with Gasteiger partial charge in [-0.1, -0.05) is 44.2 Å². The number of rotatable bonds is 3. The van der Waals surface area contributed by atoms with Crippen molar-refractivity contribution in [3.05, 3.63) is 104 Å². The number of aryl methyl sites for hydroxylation is 1. The fourth-order valence-corrected chi connectivity index (χ4v) is 6.97. The number of non-ortho nitro benzene ring substituents is 1. The van der Waals surface area contributed by atoms with Crippen LogP contribution in [0.25, 0.3) is 16.6 Å². The van der Waals surface area contributed by atoms with Gasteiger partial charge >= 0.3 is 0 Å². The van der Waals surface area contributed by atoms with E-state index in [0.717, 1.165) is 5.56 Å². The van der Waals surface area contributed by atoms with Gasteiger partial charge in [0.05, 0.1) is 39.0 Å². The summed E-state index contributed by atoms with van der Waals surface area (Å²) in [5.74, 6) is -2.05. The summed E-state index contributed by atoms with van der Waals surface area (Å²) in [6, 6.07) is 18.3. The van der Waals surface area contributed by atoms with E-state index in [2.05, 4.69) is 5.32 Å². The van der Waals surface area contributed by atoms with E-state index in [4.69, 9.17) is 4.98 Å². The van der Waals surface area contributed by atoms with Gasteiger partial charge in [-0.15, -0.1) is 0 Å². The summed E-state index contributed by atoms with van der Waals surface area (Å²) in [7, 11) is 0. The van der Waals surface area contributed by atoms with Gasteiger partial charge < -0.3 is 0 Å². The molecule has 4 heterocycles. The number of benzene rings is 3. The molecule has 0 radical (unpaired) electrons. The third kappa shape index (κ3) is 2.91. The zero-order chi connectivity index (χ0) is 28.1. The van der Waals surface area contributed by atoms with Gasteiger partial charge in [0, 0.05) is 23.7 Å². The maximum atomic E-state index is 14.5. The molecule has 1 aromatic heterocycles. The second kappa shape index (κ2) is 8.15. The van der Waals surface area contributed by atoms with E-state index in [0.29, 0.717) is 33.7 Å². The predicted octanol–water partition coefficient (Wildman–Crippen LogP) is 3.59. The number of para-hydroxylation sites is 2. The Balaban J connectivity index is 1.50. The highest BCUT2D eigenvalue weighted by atomic mass is 16.6. The van der Waals surface area contributed by atoms with Crippen LogP contribution in [0.15, 0.2) is 71.5 Å². The molecule has 200 valence electrons. The van der Waals surface area contributed by atoms with Gasteiger partial charge in [0.25, 0.3) is 11.2 Å². The Morgan fingerprint density at radius 1 is 0.975 bits per heavy atom. The highest BCUT2D eigenvalue weighted by Crippen LogP contribution is 2.56. The third-order valence-electron chi connectivity index (χ3n) is 8.65. The van der Waals surface area contributed by atoms with Crippen molar-refractivity contribution in [1.82, 2.24) is 14.9 Å². The molecule has 40 heavy (non-hydrogen) atoms. The van der Waals surface area contributed by atoms with Gasteiger partial charge in [-0.2, -0.15) is 0 Å². The molecule has 0 aliphatic carbocycles. The van der Waals surface area contributed by atoms with E-state index in [1.165, 1.54) is 23.1 Å². The summed E-state index contributed by atoms with van der Waals surface area (Å²) in [6.07, 6.45) is 0. The Bertz CT molecular complexity index is 1860. The second-order valence-electron chi connectivity index (χ2n) is 11.1. The zero-order valence-corrected chi connectivity index (χ0v) is 22.0. The van der Waals surface area contributed by atoms with E-state index in [9.17, 15) is 24.5 Å². The number of nitrogens with one attached hydrogen (secondary N) is 1. The molecule has 4 aromatic rings. The molecule has 0 unspecified atom stereocenters. The number of aromatic nitrogens is 2. The Kier molecular flexibility index (Phi) is 4.96. The molecule has 3 aliphatic rings.